The van der Waals surface area contributed by atoms with E-state index in [1.807, 2.05) is 30.3 Å². The van der Waals surface area contributed by atoms with Crippen LogP contribution in [0, 0.1) is 0 Å². The molecule has 0 saturated heterocycles. The van der Waals surface area contributed by atoms with Crippen molar-refractivity contribution in [3.63, 3.8) is 0 Å². The molecule has 2 amide bonds. The number of ether oxygens (including phenoxy) is 1. The number of carboxylic acids is 2. The van der Waals surface area contributed by atoms with Crippen LogP contribution in [0.15, 0.2) is 30.3 Å². The van der Waals surface area contributed by atoms with Crippen molar-refractivity contribution in [1.29, 1.82) is 0 Å². The van der Waals surface area contributed by atoms with E-state index in [0.29, 0.717) is 31.9 Å². The number of hydrogen-bond acceptors (Lipinski definition) is 8. The van der Waals surface area contributed by atoms with Crippen molar-refractivity contribution in [1.82, 2.24) is 5.32 Å². The number of aliphatic carboxylic acids is 1. The summed E-state index contributed by atoms with van der Waals surface area (Å²) in [6.45, 7) is 0.278. The number of fused-ring (bicyclic) bond motifs is 1. The number of thiophene rings is 1. The molecule has 1 heterocycles. The molecule has 11 nitrogen and oxygen atoms in total. The van der Waals surface area contributed by atoms with E-state index in [4.69, 9.17) is 10.8 Å². The lowest BCUT2D eigenvalue weighted by Gasteiger charge is -2.23. The molecule has 2 aromatic rings. The number of carboxylic acid groups (broad SMARTS) is 2. The van der Waals surface area contributed by atoms with Gasteiger partial charge in [0, 0.05) is 17.3 Å². The van der Waals surface area contributed by atoms with Crippen LogP contribution in [-0.4, -0.2) is 65.8 Å². The van der Waals surface area contributed by atoms with Gasteiger partial charge in [0.25, 0.3) is 0 Å². The van der Waals surface area contributed by atoms with Gasteiger partial charge in [-0.1, -0.05) is 30.3 Å². The summed E-state index contributed by atoms with van der Waals surface area (Å²) in [5.41, 5.74) is 7.48. The van der Waals surface area contributed by atoms with Gasteiger partial charge in [0.15, 0.2) is 0 Å². The number of nitrogens with one attached hydrogen (secondary N) is 2. The molecule has 0 bridgehead atoms. The van der Waals surface area contributed by atoms with Gasteiger partial charge >= 0.3 is 30.0 Å². The molecule has 1 aromatic carbocycles. The van der Waals surface area contributed by atoms with Crippen LogP contribution in [0.2, 0.25) is 0 Å². The van der Waals surface area contributed by atoms with Crippen LogP contribution in [0.4, 0.5) is 18.2 Å². The molecule has 1 aromatic heterocycles. The third-order valence-corrected chi connectivity index (χ3v) is 6.91. The van der Waals surface area contributed by atoms with Gasteiger partial charge in [0.2, 0.25) is 5.91 Å². The van der Waals surface area contributed by atoms with E-state index < -0.39 is 36.0 Å². The van der Waals surface area contributed by atoms with Crippen LogP contribution in [0.25, 0.3) is 0 Å². The number of halogens is 3. The zero-order valence-corrected chi connectivity index (χ0v) is 21.4. The van der Waals surface area contributed by atoms with Gasteiger partial charge in [-0.05, 0) is 36.8 Å². The Morgan fingerprint density at radius 2 is 1.79 bits per heavy atom. The van der Waals surface area contributed by atoms with Crippen LogP contribution in [0.5, 0.6) is 0 Å². The third kappa shape index (κ3) is 8.78. The second-order valence-corrected chi connectivity index (χ2v) is 9.39. The topological polar surface area (TPSA) is 185 Å². The predicted octanol–water partition coefficient (Wildman–Crippen LogP) is 2.30. The fourth-order valence-corrected chi connectivity index (χ4v) is 5.19. The highest BCUT2D eigenvalue weighted by Crippen LogP contribution is 2.43. The Balaban J connectivity index is 0.000000580. The number of esters is 1. The Bertz CT molecular complexity index is 1220. The zero-order valence-electron chi connectivity index (χ0n) is 20.5. The summed E-state index contributed by atoms with van der Waals surface area (Å²) in [6, 6.07) is 8.71. The number of rotatable bonds is 7. The summed E-state index contributed by atoms with van der Waals surface area (Å²) in [4.78, 5) is 56.8. The van der Waals surface area contributed by atoms with Crippen LogP contribution in [0.3, 0.4) is 0 Å². The Morgan fingerprint density at radius 1 is 1.15 bits per heavy atom. The maximum absolute atomic E-state index is 12.5. The fraction of sp³-hybridized carbons (Fsp3) is 0.375. The van der Waals surface area contributed by atoms with Crippen LogP contribution < -0.4 is 16.4 Å². The SMILES string of the molecule is COC(=O)C(F)(F)F.NC(Cc1ccccc1)C(=O)NCC1CCCc2c1sc(NC(=O)C(=O)O)c2C(=O)O. The summed E-state index contributed by atoms with van der Waals surface area (Å²) < 4.78 is 36.3. The first-order valence-corrected chi connectivity index (χ1v) is 12.2. The second-order valence-electron chi connectivity index (χ2n) is 8.33. The highest BCUT2D eigenvalue weighted by molar-refractivity contribution is 7.17. The summed E-state index contributed by atoms with van der Waals surface area (Å²) in [7, 11) is 0.676. The lowest BCUT2D eigenvalue weighted by Crippen LogP contribution is -2.43. The molecule has 6 N–H and O–H groups in total. The van der Waals surface area contributed by atoms with Crippen molar-refractivity contribution in [3.8, 4) is 0 Å². The number of methoxy groups -OCH3 is 1. The molecule has 0 saturated carbocycles. The maximum Gasteiger partial charge on any atom is 0.490 e. The number of hydrogen-bond donors (Lipinski definition) is 5. The summed E-state index contributed by atoms with van der Waals surface area (Å²) in [6.07, 6.45) is -2.50. The van der Waals surface area contributed by atoms with Crippen LogP contribution in [-0.2, 0) is 36.8 Å². The van der Waals surface area contributed by atoms with Gasteiger partial charge in [-0.3, -0.25) is 9.59 Å². The molecule has 1 aliphatic carbocycles. The number of benzene rings is 1. The second kappa shape index (κ2) is 13.7. The van der Waals surface area contributed by atoms with Crippen molar-refractivity contribution >= 4 is 46.1 Å². The molecule has 1 aliphatic rings. The predicted molar refractivity (Wildman–Crippen MR) is 132 cm³/mol. The van der Waals surface area contributed by atoms with Gasteiger partial charge in [-0.15, -0.1) is 11.3 Å². The zero-order chi connectivity index (χ0) is 29.3. The average molecular weight is 574 g/mol. The van der Waals surface area contributed by atoms with E-state index in [9.17, 15) is 42.3 Å². The van der Waals surface area contributed by atoms with E-state index >= 15 is 0 Å². The first kappa shape index (κ1) is 31.2. The number of aromatic carboxylic acids is 1. The lowest BCUT2D eigenvalue weighted by molar-refractivity contribution is -0.196. The standard InChI is InChI=1S/C21H23N3O6S.C3H3F3O2/c22-14(9-11-5-2-1-3-6-11)17(25)23-10-12-7-4-8-13-15(20(27)28)19(31-16(12)13)24-18(26)21(29)30;1-8-2(7)3(4,5)6/h1-3,5-6,12,14H,4,7-10,22H2,(H,23,25)(H,24,26)(H,27,28)(H,29,30);1H3. The highest BCUT2D eigenvalue weighted by Gasteiger charge is 2.40. The third-order valence-electron chi connectivity index (χ3n) is 5.60. The Hall–Kier alpha value is -3.98. The molecule has 0 aliphatic heterocycles. The number of amides is 2. The van der Waals surface area contributed by atoms with Gasteiger partial charge in [-0.2, -0.15) is 13.2 Å². The number of nitrogens with two attached hydrogens (primary N) is 1. The molecule has 2 atom stereocenters. The Kier molecular flexibility index (Phi) is 11.0. The van der Waals surface area contributed by atoms with Crippen molar-refractivity contribution in [2.24, 2.45) is 5.73 Å². The minimum Gasteiger partial charge on any atom is -0.478 e. The molecule has 212 valence electrons. The van der Waals surface area contributed by atoms with Gasteiger partial charge < -0.3 is 31.3 Å². The van der Waals surface area contributed by atoms with E-state index in [2.05, 4.69) is 15.4 Å². The summed E-state index contributed by atoms with van der Waals surface area (Å²) in [5.74, 6) is -6.83. The monoisotopic (exact) mass is 573 g/mol. The molecular weight excluding hydrogens is 547 g/mol. The van der Waals surface area contributed by atoms with E-state index in [0.717, 1.165) is 28.2 Å². The number of anilines is 1. The molecule has 15 heteroatoms. The van der Waals surface area contributed by atoms with Crippen molar-refractivity contribution in [2.75, 3.05) is 19.0 Å². The number of carbonyl (C=O) groups is 5. The molecule has 0 radical (unpaired) electrons. The molecule has 0 spiro atoms. The van der Waals surface area contributed by atoms with Crippen molar-refractivity contribution in [2.45, 2.75) is 43.8 Å². The highest BCUT2D eigenvalue weighted by atomic mass is 32.1. The molecule has 39 heavy (non-hydrogen) atoms. The number of alkyl halides is 3. The minimum absolute atomic E-state index is 0.00362. The van der Waals surface area contributed by atoms with Crippen molar-refractivity contribution < 1.29 is 52.1 Å². The Morgan fingerprint density at radius 3 is 2.31 bits per heavy atom. The summed E-state index contributed by atoms with van der Waals surface area (Å²) >= 11 is 1.05. The minimum atomic E-state index is -4.85. The van der Waals surface area contributed by atoms with Crippen molar-refractivity contribution in [3.05, 3.63) is 51.9 Å². The van der Waals surface area contributed by atoms with Crippen LogP contribution in [0.1, 0.15) is 45.1 Å². The smallest absolute Gasteiger partial charge is 0.478 e. The quantitative estimate of drug-likeness (QED) is 0.245. The van der Waals surface area contributed by atoms with Crippen LogP contribution >= 0.6 is 11.3 Å². The molecule has 3 rings (SSSR count). The van der Waals surface area contributed by atoms with E-state index in [-0.39, 0.29) is 28.9 Å². The number of carbonyl (C=O) groups excluding carboxylic acids is 3. The van der Waals surface area contributed by atoms with Gasteiger partial charge in [0.1, 0.15) is 5.00 Å². The van der Waals surface area contributed by atoms with Gasteiger partial charge in [0.05, 0.1) is 18.7 Å². The molecule has 2 unspecified atom stereocenters. The average Bonchev–Trinajstić information content (AvgIpc) is 3.25. The lowest BCUT2D eigenvalue weighted by atomic mass is 9.87. The molecular formula is C24H26F3N3O8S. The first-order chi connectivity index (χ1) is 18.3. The Labute approximate surface area is 224 Å². The first-order valence-electron chi connectivity index (χ1n) is 11.4. The summed E-state index contributed by atoms with van der Waals surface area (Å²) in [5, 5.41) is 23.4. The largest absolute Gasteiger partial charge is 0.490 e. The fourth-order valence-electron chi connectivity index (χ4n) is 3.81. The molecule has 0 fully saturated rings. The van der Waals surface area contributed by atoms with Gasteiger partial charge in [-0.25, -0.2) is 14.4 Å². The maximum atomic E-state index is 12.5. The normalized spacial score (nSPS) is 15.1. The van der Waals surface area contributed by atoms with E-state index in [1.165, 1.54) is 0 Å². The van der Waals surface area contributed by atoms with E-state index in [1.54, 1.807) is 0 Å².